The molecule has 0 heterocycles. The van der Waals surface area contributed by atoms with E-state index in [1.807, 2.05) is 28.1 Å². The number of rotatable bonds is 30. The zero-order valence-electron chi connectivity index (χ0n) is 27.5. The molecule has 7 heteroatoms. The third-order valence-corrected chi connectivity index (χ3v) is 9.87. The molecule has 3 atom stereocenters. The maximum atomic E-state index is 12.7. The molecule has 0 saturated heterocycles. The molecule has 0 saturated carbocycles. The summed E-state index contributed by atoms with van der Waals surface area (Å²) >= 11 is 0. The predicted molar refractivity (Wildman–Crippen MR) is 170 cm³/mol. The first-order valence-electron chi connectivity index (χ1n) is 16.7. The van der Waals surface area contributed by atoms with Crippen molar-refractivity contribution < 1.29 is 27.9 Å². The van der Waals surface area contributed by atoms with Gasteiger partial charge in [-0.2, -0.15) is 0 Å². The lowest BCUT2D eigenvalue weighted by Crippen LogP contribution is -2.47. The summed E-state index contributed by atoms with van der Waals surface area (Å²) in [6.45, 7) is 5.31. The van der Waals surface area contributed by atoms with E-state index in [1.54, 1.807) is 7.11 Å². The standard InChI is InChI=1S/C33H68NO5P/c1-7-9-10-11-12-13-14-15-16-17-18-19-20-21-22-23-24-25-26-27-29-38-30-32(37-6)31-39-40(35,36)33(28-8-2)34(3,4)5/h18-19,32-33H,7-17,20-31H2,1-6H3/b19-18-/t32-,33?/m1/s1. The lowest BCUT2D eigenvalue weighted by molar-refractivity contribution is -0.884. The van der Waals surface area contributed by atoms with Gasteiger partial charge in [-0.1, -0.05) is 109 Å². The Balaban J connectivity index is 3.63. The van der Waals surface area contributed by atoms with Crippen LogP contribution in [0.5, 0.6) is 0 Å². The third kappa shape index (κ3) is 23.3. The maximum Gasteiger partial charge on any atom is 0.193 e. The van der Waals surface area contributed by atoms with E-state index in [0.717, 1.165) is 12.8 Å². The van der Waals surface area contributed by atoms with Crippen molar-refractivity contribution in [2.75, 3.05) is 48.1 Å². The Bertz CT molecular complexity index is 622. The van der Waals surface area contributed by atoms with E-state index in [4.69, 9.17) is 14.0 Å². The second-order valence-corrected chi connectivity index (χ2v) is 14.4. The number of quaternary nitrogens is 1. The average Bonchev–Trinajstić information content (AvgIpc) is 2.91. The van der Waals surface area contributed by atoms with Crippen molar-refractivity contribution in [1.29, 1.82) is 0 Å². The zero-order valence-corrected chi connectivity index (χ0v) is 28.4. The van der Waals surface area contributed by atoms with E-state index < -0.39 is 13.4 Å². The molecule has 6 nitrogen and oxygen atoms in total. The van der Waals surface area contributed by atoms with Crippen LogP contribution in [0.2, 0.25) is 0 Å². The van der Waals surface area contributed by atoms with Crippen molar-refractivity contribution >= 4 is 7.60 Å². The van der Waals surface area contributed by atoms with Crippen LogP contribution in [-0.4, -0.2) is 64.4 Å². The molecule has 240 valence electrons. The molecule has 0 aliphatic heterocycles. The lowest BCUT2D eigenvalue weighted by Gasteiger charge is -2.41. The van der Waals surface area contributed by atoms with E-state index in [1.165, 1.54) is 109 Å². The van der Waals surface area contributed by atoms with Crippen LogP contribution in [0.15, 0.2) is 12.2 Å². The SMILES string of the molecule is CCCCCCCCCCC/C=C\CCCCCCCCCOC[C@H](COP(=O)([O-])C(CCC)[N+](C)(C)C)OC. The number of methoxy groups -OCH3 is 1. The number of hydrogen-bond acceptors (Lipinski definition) is 5. The van der Waals surface area contributed by atoms with Gasteiger partial charge in [0.1, 0.15) is 6.10 Å². The molecule has 0 N–H and O–H groups in total. The van der Waals surface area contributed by atoms with Crippen molar-refractivity contribution in [1.82, 2.24) is 0 Å². The summed E-state index contributed by atoms with van der Waals surface area (Å²) in [4.78, 5) is 12.7. The number of allylic oxidation sites excluding steroid dienone is 2. The van der Waals surface area contributed by atoms with Gasteiger partial charge in [0.15, 0.2) is 13.4 Å². The lowest BCUT2D eigenvalue weighted by atomic mass is 10.1. The van der Waals surface area contributed by atoms with Gasteiger partial charge in [0, 0.05) is 20.1 Å². The molecule has 0 spiro atoms. The van der Waals surface area contributed by atoms with Crippen molar-refractivity contribution in [2.45, 2.75) is 154 Å². The van der Waals surface area contributed by atoms with E-state index in [-0.39, 0.29) is 12.7 Å². The minimum atomic E-state index is -4.01. The van der Waals surface area contributed by atoms with Gasteiger partial charge in [-0.25, -0.2) is 0 Å². The summed E-state index contributed by atoms with van der Waals surface area (Å²) in [6, 6.07) is 0. The fourth-order valence-corrected chi connectivity index (χ4v) is 7.03. The molecule has 40 heavy (non-hydrogen) atoms. The van der Waals surface area contributed by atoms with Crippen LogP contribution in [0.1, 0.15) is 142 Å². The summed E-state index contributed by atoms with van der Waals surface area (Å²) in [7, 11) is 3.24. The molecule has 0 amide bonds. The second kappa shape index (κ2) is 26.4. The number of nitrogens with zero attached hydrogens (tertiary/aromatic N) is 1. The molecule has 0 aliphatic carbocycles. The average molecular weight is 590 g/mol. The number of hydrogen-bond donors (Lipinski definition) is 0. The predicted octanol–water partition coefficient (Wildman–Crippen LogP) is 9.02. The minimum absolute atomic E-state index is 0.00589. The first-order valence-corrected chi connectivity index (χ1v) is 18.3. The number of ether oxygens (including phenoxy) is 2. The molecular weight excluding hydrogens is 521 g/mol. The normalized spacial score (nSPS) is 15.5. The van der Waals surface area contributed by atoms with Gasteiger partial charge in [0.25, 0.3) is 0 Å². The van der Waals surface area contributed by atoms with Crippen LogP contribution in [0.4, 0.5) is 0 Å². The highest BCUT2D eigenvalue weighted by molar-refractivity contribution is 7.51. The van der Waals surface area contributed by atoms with Crippen LogP contribution in [0, 0.1) is 0 Å². The van der Waals surface area contributed by atoms with Gasteiger partial charge in [-0.3, -0.25) is 0 Å². The highest BCUT2D eigenvalue weighted by Crippen LogP contribution is 2.48. The molecule has 0 aromatic rings. The van der Waals surface area contributed by atoms with Crippen LogP contribution < -0.4 is 4.89 Å². The van der Waals surface area contributed by atoms with Crippen LogP contribution in [0.25, 0.3) is 0 Å². The van der Waals surface area contributed by atoms with Crippen molar-refractivity contribution in [3.8, 4) is 0 Å². The fourth-order valence-electron chi connectivity index (χ4n) is 5.06. The van der Waals surface area contributed by atoms with E-state index in [0.29, 0.717) is 24.1 Å². The summed E-state index contributed by atoms with van der Waals surface area (Å²) in [5.41, 5.74) is 0. The Kier molecular flexibility index (Phi) is 26.2. The monoisotopic (exact) mass is 589 g/mol. The molecule has 0 bridgehead atoms. The quantitative estimate of drug-likeness (QED) is 0.0362. The maximum absolute atomic E-state index is 12.7. The molecule has 0 aliphatic rings. The zero-order chi connectivity index (χ0) is 30.0. The Hall–Kier alpha value is -0.230. The van der Waals surface area contributed by atoms with E-state index in [9.17, 15) is 9.46 Å². The minimum Gasteiger partial charge on any atom is -0.774 e. The highest BCUT2D eigenvalue weighted by atomic mass is 31.2. The molecule has 0 aromatic carbocycles. The molecule has 0 fully saturated rings. The van der Waals surface area contributed by atoms with Gasteiger partial charge < -0.3 is 27.9 Å². The molecule has 0 radical (unpaired) electrons. The molecule has 0 rings (SSSR count). The topological polar surface area (TPSA) is 67.8 Å². The van der Waals surface area contributed by atoms with Gasteiger partial charge in [0.05, 0.1) is 34.4 Å². The summed E-state index contributed by atoms with van der Waals surface area (Å²) in [5, 5.41) is 0. The fraction of sp³-hybridized carbons (Fsp3) is 0.939. The van der Waals surface area contributed by atoms with Crippen molar-refractivity contribution in [2.24, 2.45) is 0 Å². The van der Waals surface area contributed by atoms with E-state index in [2.05, 4.69) is 19.1 Å². The van der Waals surface area contributed by atoms with Crippen LogP contribution in [-0.2, 0) is 18.6 Å². The molecule has 0 aromatic heterocycles. The smallest absolute Gasteiger partial charge is 0.193 e. The van der Waals surface area contributed by atoms with E-state index >= 15 is 0 Å². The third-order valence-electron chi connectivity index (χ3n) is 7.68. The molecular formula is C33H68NO5P. The van der Waals surface area contributed by atoms with Gasteiger partial charge in [-0.05, 0) is 38.5 Å². The Labute approximate surface area is 249 Å². The largest absolute Gasteiger partial charge is 0.774 e. The second-order valence-electron chi connectivity index (χ2n) is 12.5. The van der Waals surface area contributed by atoms with Crippen LogP contribution >= 0.6 is 7.60 Å². The Morgan fingerprint density at radius 2 is 1.18 bits per heavy atom. The van der Waals surface area contributed by atoms with Gasteiger partial charge >= 0.3 is 0 Å². The molecule has 2 unspecified atom stereocenters. The van der Waals surface area contributed by atoms with Gasteiger partial charge in [0.2, 0.25) is 0 Å². The first-order chi connectivity index (χ1) is 19.2. The summed E-state index contributed by atoms with van der Waals surface area (Å²) in [6.07, 6.45) is 29.6. The highest BCUT2D eigenvalue weighted by Gasteiger charge is 2.35. The Morgan fingerprint density at radius 1 is 0.700 bits per heavy atom. The summed E-state index contributed by atoms with van der Waals surface area (Å²) < 4.78 is 29.6. The Morgan fingerprint density at radius 3 is 1.62 bits per heavy atom. The van der Waals surface area contributed by atoms with Crippen molar-refractivity contribution in [3.05, 3.63) is 12.2 Å². The summed E-state index contributed by atoms with van der Waals surface area (Å²) in [5.74, 6) is -0.554. The first kappa shape index (κ1) is 39.8. The van der Waals surface area contributed by atoms with Gasteiger partial charge in [-0.15, -0.1) is 0 Å². The number of unbranched alkanes of at least 4 members (excludes halogenated alkanes) is 16. The van der Waals surface area contributed by atoms with Crippen molar-refractivity contribution in [3.63, 3.8) is 0 Å². The van der Waals surface area contributed by atoms with Crippen LogP contribution in [0.3, 0.4) is 0 Å².